The summed E-state index contributed by atoms with van der Waals surface area (Å²) in [4.78, 5) is 17.5. The van der Waals surface area contributed by atoms with Crippen LogP contribution in [-0.2, 0) is 0 Å². The first-order chi connectivity index (χ1) is 12.3. The van der Waals surface area contributed by atoms with Crippen LogP contribution in [0.5, 0.6) is 0 Å². The highest BCUT2D eigenvalue weighted by Gasteiger charge is 2.14. The summed E-state index contributed by atoms with van der Waals surface area (Å²) in [5, 5.41) is 5.22. The quantitative estimate of drug-likeness (QED) is 0.788. The lowest BCUT2D eigenvalue weighted by atomic mass is 10.0. The lowest BCUT2D eigenvalue weighted by Crippen LogP contribution is -2.46. The van der Waals surface area contributed by atoms with Crippen LogP contribution in [0, 0.1) is 0 Å². The van der Waals surface area contributed by atoms with Crippen molar-refractivity contribution in [2.75, 3.05) is 45.8 Å². The van der Waals surface area contributed by atoms with Gasteiger partial charge in [-0.15, -0.1) is 0 Å². The third-order valence-corrected chi connectivity index (χ3v) is 5.13. The molecule has 4 nitrogen and oxygen atoms in total. The molecule has 2 aromatic rings. The molecule has 1 saturated heterocycles. The summed E-state index contributed by atoms with van der Waals surface area (Å²) in [5.41, 5.74) is 0.772. The van der Waals surface area contributed by atoms with Gasteiger partial charge in [-0.1, -0.05) is 43.3 Å². The zero-order valence-electron chi connectivity index (χ0n) is 15.2. The lowest BCUT2D eigenvalue weighted by Gasteiger charge is -2.33. The number of hydrogen-bond donors (Lipinski definition) is 1. The molecule has 1 N–H and O–H groups in total. The van der Waals surface area contributed by atoms with E-state index in [0.29, 0.717) is 0 Å². The van der Waals surface area contributed by atoms with Crippen LogP contribution in [0.25, 0.3) is 10.8 Å². The second-order valence-corrected chi connectivity index (χ2v) is 6.77. The molecule has 134 valence electrons. The van der Waals surface area contributed by atoms with Gasteiger partial charge in [0.2, 0.25) is 0 Å². The fourth-order valence-electron chi connectivity index (χ4n) is 3.51. The van der Waals surface area contributed by atoms with Gasteiger partial charge >= 0.3 is 0 Å². The Kier molecular flexibility index (Phi) is 6.42. The summed E-state index contributed by atoms with van der Waals surface area (Å²) in [6, 6.07) is 14.0. The van der Waals surface area contributed by atoms with E-state index >= 15 is 0 Å². The van der Waals surface area contributed by atoms with Crippen molar-refractivity contribution in [2.45, 2.75) is 19.8 Å². The molecule has 4 heteroatoms. The number of nitrogens with one attached hydrogen (secondary N) is 1. The summed E-state index contributed by atoms with van der Waals surface area (Å²) in [6.07, 6.45) is 2.17. The number of rotatable bonds is 7. The van der Waals surface area contributed by atoms with Gasteiger partial charge in [0, 0.05) is 38.3 Å². The predicted molar refractivity (Wildman–Crippen MR) is 104 cm³/mol. The topological polar surface area (TPSA) is 35.6 Å². The Morgan fingerprint density at radius 2 is 1.68 bits per heavy atom. The van der Waals surface area contributed by atoms with Crippen LogP contribution < -0.4 is 5.32 Å². The van der Waals surface area contributed by atoms with E-state index in [1.807, 2.05) is 42.5 Å². The van der Waals surface area contributed by atoms with Crippen molar-refractivity contribution in [3.63, 3.8) is 0 Å². The normalized spacial score (nSPS) is 16.2. The maximum absolute atomic E-state index is 12.5. The van der Waals surface area contributed by atoms with Crippen LogP contribution in [0.15, 0.2) is 42.5 Å². The molecule has 3 rings (SSSR count). The number of benzene rings is 2. The van der Waals surface area contributed by atoms with Gasteiger partial charge in [-0.3, -0.25) is 4.79 Å². The van der Waals surface area contributed by atoms with Crippen molar-refractivity contribution < 1.29 is 4.79 Å². The molecule has 25 heavy (non-hydrogen) atoms. The average molecular weight is 339 g/mol. The molecule has 0 unspecified atom stereocenters. The van der Waals surface area contributed by atoms with Crippen LogP contribution in [-0.4, -0.2) is 61.5 Å². The third kappa shape index (κ3) is 4.80. The minimum Gasteiger partial charge on any atom is -0.352 e. The molecular formula is C21H29N3O. The van der Waals surface area contributed by atoms with Gasteiger partial charge in [0.05, 0.1) is 0 Å². The molecule has 2 aromatic carbocycles. The van der Waals surface area contributed by atoms with Gasteiger partial charge in [0.1, 0.15) is 0 Å². The summed E-state index contributed by atoms with van der Waals surface area (Å²) >= 11 is 0. The first-order valence-electron chi connectivity index (χ1n) is 9.48. The van der Waals surface area contributed by atoms with E-state index in [4.69, 9.17) is 0 Å². The molecule has 1 fully saturated rings. The Labute approximate surface area is 150 Å². The lowest BCUT2D eigenvalue weighted by molar-refractivity contribution is 0.0953. The van der Waals surface area contributed by atoms with Gasteiger partial charge < -0.3 is 15.1 Å². The molecule has 1 amide bonds. The largest absolute Gasteiger partial charge is 0.352 e. The van der Waals surface area contributed by atoms with E-state index in [1.54, 1.807) is 0 Å². The van der Waals surface area contributed by atoms with Gasteiger partial charge in [-0.05, 0) is 42.8 Å². The third-order valence-electron chi connectivity index (χ3n) is 5.13. The van der Waals surface area contributed by atoms with Crippen molar-refractivity contribution in [3.05, 3.63) is 48.0 Å². The highest BCUT2D eigenvalue weighted by molar-refractivity contribution is 6.06. The second kappa shape index (κ2) is 8.97. The number of amides is 1. The van der Waals surface area contributed by atoms with E-state index in [-0.39, 0.29) is 5.91 Å². The van der Waals surface area contributed by atoms with Gasteiger partial charge in [0.25, 0.3) is 5.91 Å². The zero-order chi connectivity index (χ0) is 17.5. The van der Waals surface area contributed by atoms with Gasteiger partial charge in [-0.25, -0.2) is 0 Å². The van der Waals surface area contributed by atoms with E-state index in [9.17, 15) is 4.79 Å². The number of likely N-dealkylation sites (N-methyl/N-ethyl adjacent to an activating group) is 1. The van der Waals surface area contributed by atoms with E-state index in [0.717, 1.165) is 48.8 Å². The standard InChI is InChI=1S/C21H29N3O/c1-2-23-14-16-24(17-15-23)13-6-5-12-22-21(25)20-11-7-9-18-8-3-4-10-19(18)20/h3-4,7-11H,2,5-6,12-17H2,1H3,(H,22,25). The summed E-state index contributed by atoms with van der Waals surface area (Å²) < 4.78 is 0. The van der Waals surface area contributed by atoms with E-state index in [1.165, 1.54) is 26.2 Å². The molecule has 0 aliphatic carbocycles. The van der Waals surface area contributed by atoms with Gasteiger partial charge in [-0.2, -0.15) is 0 Å². The highest BCUT2D eigenvalue weighted by atomic mass is 16.1. The van der Waals surface area contributed by atoms with Crippen molar-refractivity contribution >= 4 is 16.7 Å². The van der Waals surface area contributed by atoms with Crippen molar-refractivity contribution in [1.82, 2.24) is 15.1 Å². The Bertz CT molecular complexity index is 687. The highest BCUT2D eigenvalue weighted by Crippen LogP contribution is 2.18. The Hall–Kier alpha value is -1.91. The van der Waals surface area contributed by atoms with Crippen molar-refractivity contribution in [3.8, 4) is 0 Å². The fourth-order valence-corrected chi connectivity index (χ4v) is 3.51. The number of carbonyl (C=O) groups excluding carboxylic acids is 1. The number of fused-ring (bicyclic) bond motifs is 1. The average Bonchev–Trinajstić information content (AvgIpc) is 2.67. The monoisotopic (exact) mass is 339 g/mol. The van der Waals surface area contributed by atoms with E-state index in [2.05, 4.69) is 22.0 Å². The summed E-state index contributed by atoms with van der Waals surface area (Å²) in [5.74, 6) is 0.0355. The minimum atomic E-state index is 0.0355. The smallest absolute Gasteiger partial charge is 0.251 e. The number of piperazine rings is 1. The van der Waals surface area contributed by atoms with E-state index < -0.39 is 0 Å². The van der Waals surface area contributed by atoms with Crippen LogP contribution in [0.4, 0.5) is 0 Å². The molecule has 1 aliphatic heterocycles. The SMILES string of the molecule is CCN1CCN(CCCCNC(=O)c2cccc3ccccc23)CC1. The predicted octanol–water partition coefficient (Wildman–Crippen LogP) is 2.99. The summed E-state index contributed by atoms with van der Waals surface area (Å²) in [7, 11) is 0. The van der Waals surface area contributed by atoms with Crippen molar-refractivity contribution in [1.29, 1.82) is 0 Å². The Morgan fingerprint density at radius 3 is 2.48 bits per heavy atom. The van der Waals surface area contributed by atoms with Crippen LogP contribution in [0.3, 0.4) is 0 Å². The summed E-state index contributed by atoms with van der Waals surface area (Å²) in [6.45, 7) is 10.0. The number of unbranched alkanes of at least 4 members (excludes halogenated alkanes) is 1. The second-order valence-electron chi connectivity index (χ2n) is 6.77. The maximum Gasteiger partial charge on any atom is 0.251 e. The number of carbonyl (C=O) groups is 1. The molecule has 1 aliphatic rings. The molecule has 0 saturated carbocycles. The minimum absolute atomic E-state index is 0.0355. The molecule has 1 heterocycles. The number of hydrogen-bond acceptors (Lipinski definition) is 3. The molecule has 0 radical (unpaired) electrons. The Morgan fingerprint density at radius 1 is 0.960 bits per heavy atom. The van der Waals surface area contributed by atoms with Crippen LogP contribution in [0.2, 0.25) is 0 Å². The first kappa shape index (κ1) is 17.9. The van der Waals surface area contributed by atoms with Gasteiger partial charge in [0.15, 0.2) is 0 Å². The molecular weight excluding hydrogens is 310 g/mol. The van der Waals surface area contributed by atoms with Crippen LogP contribution in [0.1, 0.15) is 30.1 Å². The molecule has 0 spiro atoms. The Balaban J connectivity index is 1.40. The first-order valence-corrected chi connectivity index (χ1v) is 9.48. The van der Waals surface area contributed by atoms with Crippen molar-refractivity contribution in [2.24, 2.45) is 0 Å². The molecule has 0 aromatic heterocycles. The number of nitrogens with zero attached hydrogens (tertiary/aromatic N) is 2. The maximum atomic E-state index is 12.5. The zero-order valence-corrected chi connectivity index (χ0v) is 15.2. The fraction of sp³-hybridized carbons (Fsp3) is 0.476. The molecule has 0 atom stereocenters. The molecule has 0 bridgehead atoms. The van der Waals surface area contributed by atoms with Crippen LogP contribution >= 0.6 is 0 Å².